The van der Waals surface area contributed by atoms with Crippen LogP contribution in [0, 0.1) is 23.2 Å². The van der Waals surface area contributed by atoms with Gasteiger partial charge in [0.2, 0.25) is 0 Å². The highest BCUT2D eigenvalue weighted by Crippen LogP contribution is 2.28. The van der Waals surface area contributed by atoms with E-state index in [2.05, 4.69) is 22.6 Å². The highest BCUT2D eigenvalue weighted by Gasteiger charge is 2.34. The Morgan fingerprint density at radius 1 is 1.42 bits per heavy atom. The fraction of sp³-hybridized carbons (Fsp3) is 0.579. The van der Waals surface area contributed by atoms with Gasteiger partial charge in [0.25, 0.3) is 0 Å². The van der Waals surface area contributed by atoms with E-state index in [4.69, 9.17) is 10.1 Å². The number of carbonyl (C=O) groups excluding carboxylic acids is 1. The van der Waals surface area contributed by atoms with E-state index in [0.717, 1.165) is 29.9 Å². The highest BCUT2D eigenvalue weighted by atomic mass is 16.6. The van der Waals surface area contributed by atoms with Gasteiger partial charge in [0.05, 0.1) is 12.1 Å². The fourth-order valence-electron chi connectivity index (χ4n) is 3.37. The third-order valence-corrected chi connectivity index (χ3v) is 4.51. The summed E-state index contributed by atoms with van der Waals surface area (Å²) in [5.74, 6) is 7.39. The lowest BCUT2D eigenvalue weighted by Crippen LogP contribution is -2.48. The van der Waals surface area contributed by atoms with Crippen LogP contribution in [0.2, 0.25) is 0 Å². The summed E-state index contributed by atoms with van der Waals surface area (Å²) in [5.41, 5.74) is 4.58. The van der Waals surface area contributed by atoms with Crippen LogP contribution >= 0.6 is 0 Å². The Labute approximate surface area is 154 Å². The minimum Gasteiger partial charge on any atom is -0.444 e. The quantitative estimate of drug-likeness (QED) is 0.627. The predicted octanol–water partition coefficient (Wildman–Crippen LogP) is 2.15. The molecule has 140 valence electrons. The van der Waals surface area contributed by atoms with Crippen LogP contribution in [0.25, 0.3) is 0 Å². The second kappa shape index (κ2) is 7.04. The Kier molecular flexibility index (Phi) is 4.97. The van der Waals surface area contributed by atoms with Crippen molar-refractivity contribution in [1.82, 2.24) is 20.7 Å². The molecule has 26 heavy (non-hydrogen) atoms. The summed E-state index contributed by atoms with van der Waals surface area (Å²) in [6, 6.07) is 0. The summed E-state index contributed by atoms with van der Waals surface area (Å²) < 4.78 is 5.51. The number of ether oxygens (including phenoxy) is 1. The van der Waals surface area contributed by atoms with Crippen molar-refractivity contribution in [2.24, 2.45) is 5.92 Å². The van der Waals surface area contributed by atoms with E-state index in [1.54, 1.807) is 16.8 Å². The molecule has 0 aromatic carbocycles. The van der Waals surface area contributed by atoms with Gasteiger partial charge in [-0.2, -0.15) is 0 Å². The minimum atomic E-state index is -0.497. The molecule has 1 saturated heterocycles. The number of likely N-dealkylation sites (tertiary alicyclic amines) is 1. The molecule has 1 amide bonds. The number of fused-ring (bicyclic) bond motifs is 1. The molecule has 7 nitrogen and oxygen atoms in total. The van der Waals surface area contributed by atoms with E-state index in [1.807, 2.05) is 26.8 Å². The first kappa shape index (κ1) is 18.3. The minimum absolute atomic E-state index is 0.155. The number of hydrogen-bond acceptors (Lipinski definition) is 5. The Morgan fingerprint density at radius 2 is 2.19 bits per heavy atom. The van der Waals surface area contributed by atoms with Crippen molar-refractivity contribution in [2.45, 2.75) is 46.1 Å². The molecule has 3 N–H and O–H groups in total. The predicted molar refractivity (Wildman–Crippen MR) is 99.8 cm³/mol. The van der Waals surface area contributed by atoms with Crippen LogP contribution in [0.4, 0.5) is 4.79 Å². The van der Waals surface area contributed by atoms with Crippen LogP contribution in [0.5, 0.6) is 0 Å². The lowest BCUT2D eigenvalue weighted by molar-refractivity contribution is 0.0180. The number of amides is 1. The first-order chi connectivity index (χ1) is 12.3. The van der Waals surface area contributed by atoms with E-state index in [-0.39, 0.29) is 12.0 Å². The molecule has 1 fully saturated rings. The van der Waals surface area contributed by atoms with Gasteiger partial charge >= 0.3 is 6.09 Å². The Bertz CT molecular complexity index is 735. The lowest BCUT2D eigenvalue weighted by Gasteiger charge is -2.37. The molecule has 3 aliphatic rings. The third kappa shape index (κ3) is 3.86. The SMILES string of the molecule is CC#CC1=C2NC(C3CCCN(C(=O)OC(C)(C)C)C3)=CC(=N)N2NC1. The van der Waals surface area contributed by atoms with Crippen molar-refractivity contribution in [1.29, 1.82) is 5.41 Å². The number of piperidine rings is 1. The molecule has 0 spiro atoms. The normalized spacial score (nSPS) is 23.0. The van der Waals surface area contributed by atoms with Gasteiger partial charge in [-0.05, 0) is 40.5 Å². The van der Waals surface area contributed by atoms with Crippen molar-refractivity contribution < 1.29 is 9.53 Å². The molecule has 0 radical (unpaired) electrons. The van der Waals surface area contributed by atoms with E-state index in [9.17, 15) is 4.79 Å². The van der Waals surface area contributed by atoms with Crippen molar-refractivity contribution in [3.63, 3.8) is 0 Å². The molecule has 7 heteroatoms. The van der Waals surface area contributed by atoms with E-state index in [0.29, 0.717) is 25.5 Å². The first-order valence-electron chi connectivity index (χ1n) is 9.03. The number of nitrogens with one attached hydrogen (secondary N) is 3. The molecule has 1 unspecified atom stereocenters. The second-order valence-electron chi connectivity index (χ2n) is 7.75. The topological polar surface area (TPSA) is 80.7 Å². The zero-order valence-electron chi connectivity index (χ0n) is 15.9. The van der Waals surface area contributed by atoms with E-state index in [1.165, 1.54) is 0 Å². The van der Waals surface area contributed by atoms with Gasteiger partial charge in [-0.25, -0.2) is 15.2 Å². The number of rotatable bonds is 1. The summed E-state index contributed by atoms with van der Waals surface area (Å²) in [6.07, 6.45) is 3.46. The van der Waals surface area contributed by atoms with Gasteiger partial charge in [-0.3, -0.25) is 5.41 Å². The van der Waals surface area contributed by atoms with Crippen LogP contribution in [0.15, 0.2) is 23.2 Å². The molecular weight excluding hydrogens is 330 g/mol. The summed E-state index contributed by atoms with van der Waals surface area (Å²) >= 11 is 0. The van der Waals surface area contributed by atoms with Gasteiger partial charge in [-0.1, -0.05) is 5.92 Å². The molecule has 3 heterocycles. The molecule has 0 aromatic rings. The van der Waals surface area contributed by atoms with Gasteiger partial charge in [0, 0.05) is 30.8 Å². The second-order valence-corrected chi connectivity index (χ2v) is 7.75. The number of amidine groups is 1. The standard InChI is InChI=1S/C19H27N5O2/c1-5-7-13-11-21-24-16(20)10-15(22-17(13)24)14-8-6-9-23(12-14)18(25)26-19(2,3)4/h10,14,20-22H,6,8-9,11-12H2,1-4H3. The number of hydrogen-bond donors (Lipinski definition) is 3. The number of hydrazine groups is 1. The van der Waals surface area contributed by atoms with Crippen LogP contribution in [-0.2, 0) is 4.74 Å². The van der Waals surface area contributed by atoms with Crippen molar-refractivity contribution in [2.75, 3.05) is 19.6 Å². The van der Waals surface area contributed by atoms with Crippen LogP contribution < -0.4 is 10.7 Å². The van der Waals surface area contributed by atoms with Crippen molar-refractivity contribution in [3.05, 3.63) is 23.2 Å². The zero-order valence-corrected chi connectivity index (χ0v) is 15.9. The van der Waals surface area contributed by atoms with Crippen LogP contribution in [0.3, 0.4) is 0 Å². The maximum atomic E-state index is 12.4. The smallest absolute Gasteiger partial charge is 0.410 e. The van der Waals surface area contributed by atoms with Gasteiger partial charge in [0.1, 0.15) is 17.3 Å². The lowest BCUT2D eigenvalue weighted by atomic mass is 9.93. The summed E-state index contributed by atoms with van der Waals surface area (Å²) in [4.78, 5) is 14.2. The average molecular weight is 357 g/mol. The summed E-state index contributed by atoms with van der Waals surface area (Å²) in [6.45, 7) is 9.36. The molecule has 0 saturated carbocycles. The van der Waals surface area contributed by atoms with Gasteiger partial charge < -0.3 is 15.0 Å². The summed E-state index contributed by atoms with van der Waals surface area (Å²) in [5, 5.41) is 13.5. The molecule has 1 atom stereocenters. The molecule has 0 aliphatic carbocycles. The molecular formula is C19H27N5O2. The van der Waals surface area contributed by atoms with Crippen molar-refractivity contribution in [3.8, 4) is 11.8 Å². The van der Waals surface area contributed by atoms with Crippen molar-refractivity contribution >= 4 is 11.9 Å². The Morgan fingerprint density at radius 3 is 2.88 bits per heavy atom. The molecule has 0 bridgehead atoms. The monoisotopic (exact) mass is 357 g/mol. The average Bonchev–Trinajstić information content (AvgIpc) is 2.97. The molecule has 0 aromatic heterocycles. The highest BCUT2D eigenvalue weighted by molar-refractivity contribution is 5.93. The van der Waals surface area contributed by atoms with Crippen LogP contribution in [-0.4, -0.2) is 47.1 Å². The number of carbonyl (C=O) groups is 1. The van der Waals surface area contributed by atoms with E-state index < -0.39 is 5.60 Å². The zero-order chi connectivity index (χ0) is 18.9. The largest absolute Gasteiger partial charge is 0.444 e. The Balaban J connectivity index is 1.75. The molecule has 3 rings (SSSR count). The molecule has 3 aliphatic heterocycles. The Hall–Kier alpha value is -2.46. The number of nitrogens with zero attached hydrogens (tertiary/aromatic N) is 2. The van der Waals surface area contributed by atoms with E-state index >= 15 is 0 Å². The van der Waals surface area contributed by atoms with Gasteiger partial charge in [-0.15, -0.1) is 5.92 Å². The maximum absolute atomic E-state index is 12.4. The summed E-state index contributed by atoms with van der Waals surface area (Å²) in [7, 11) is 0. The van der Waals surface area contributed by atoms with Gasteiger partial charge in [0.15, 0.2) is 0 Å². The van der Waals surface area contributed by atoms with Crippen LogP contribution in [0.1, 0.15) is 40.5 Å². The third-order valence-electron chi connectivity index (χ3n) is 4.51. The maximum Gasteiger partial charge on any atom is 0.410 e. The fourth-order valence-corrected chi connectivity index (χ4v) is 3.37. The first-order valence-corrected chi connectivity index (χ1v) is 9.03.